The monoisotopic (exact) mass is 615 g/mol. The number of anilines is 1. The molecule has 1 heterocycles. The van der Waals surface area contributed by atoms with Crippen LogP contribution in [-0.2, 0) is 11.4 Å². The van der Waals surface area contributed by atoms with E-state index >= 15 is 0 Å². The standard InChI is InChI=1S/C33H31BrClN3O2/c1-19-13-20(2)22(14-21(19)18-40-29-12-8-6-10-25(29)35)30-23(17-36)32(37)38(26-11-7-5-9-24(26)34)27-15-33(3,4)16-28(39)31(27)30/h5-14,30H,15-16,18,37H2,1-4H3. The molecule has 40 heavy (non-hydrogen) atoms. The van der Waals surface area contributed by atoms with Crippen molar-refractivity contribution in [1.82, 2.24) is 0 Å². The minimum atomic E-state index is -0.568. The van der Waals surface area contributed by atoms with Crippen LogP contribution in [0.1, 0.15) is 54.9 Å². The van der Waals surface area contributed by atoms with Gasteiger partial charge in [-0.1, -0.05) is 61.8 Å². The molecule has 1 aliphatic heterocycles. The third kappa shape index (κ3) is 5.05. The molecular weight excluding hydrogens is 586 g/mol. The Balaban J connectivity index is 1.68. The Morgan fingerprint density at radius 3 is 2.50 bits per heavy atom. The van der Waals surface area contributed by atoms with Crippen molar-refractivity contribution in [2.75, 3.05) is 4.90 Å². The van der Waals surface area contributed by atoms with Crippen LogP contribution in [0.25, 0.3) is 0 Å². The predicted octanol–water partition coefficient (Wildman–Crippen LogP) is 8.24. The fourth-order valence-corrected chi connectivity index (χ4v) is 6.48. The van der Waals surface area contributed by atoms with E-state index in [1.807, 2.05) is 61.2 Å². The Morgan fingerprint density at radius 2 is 1.80 bits per heavy atom. The summed E-state index contributed by atoms with van der Waals surface area (Å²) in [5, 5.41) is 11.0. The second kappa shape index (κ2) is 10.8. The lowest BCUT2D eigenvalue weighted by Crippen LogP contribution is -2.42. The lowest BCUT2D eigenvalue weighted by Gasteiger charge is -2.44. The first-order chi connectivity index (χ1) is 19.0. The van der Waals surface area contributed by atoms with Crippen LogP contribution in [0.4, 0.5) is 5.69 Å². The van der Waals surface area contributed by atoms with Crippen molar-refractivity contribution in [3.05, 3.63) is 115 Å². The van der Waals surface area contributed by atoms with Gasteiger partial charge in [-0.3, -0.25) is 9.69 Å². The van der Waals surface area contributed by atoms with Gasteiger partial charge in [-0.05, 0) is 88.1 Å². The van der Waals surface area contributed by atoms with Gasteiger partial charge in [0.05, 0.1) is 28.3 Å². The first-order valence-electron chi connectivity index (χ1n) is 13.2. The number of nitriles is 1. The van der Waals surface area contributed by atoms with Gasteiger partial charge in [0.1, 0.15) is 18.2 Å². The summed E-state index contributed by atoms with van der Waals surface area (Å²) in [5.41, 5.74) is 13.2. The Kier molecular flexibility index (Phi) is 7.56. The zero-order chi connectivity index (χ0) is 28.8. The zero-order valence-electron chi connectivity index (χ0n) is 23.0. The number of Topliss-reactive ketones (excluding diaryl/α,β-unsaturated/α-hetero) is 1. The second-order valence-corrected chi connectivity index (χ2v) is 12.5. The van der Waals surface area contributed by atoms with Gasteiger partial charge in [0.2, 0.25) is 0 Å². The molecule has 2 aliphatic rings. The highest BCUT2D eigenvalue weighted by Crippen LogP contribution is 2.51. The maximum absolute atomic E-state index is 14.0. The van der Waals surface area contributed by atoms with Gasteiger partial charge in [0.15, 0.2) is 5.78 Å². The molecule has 1 atom stereocenters. The van der Waals surface area contributed by atoms with Gasteiger partial charge in [0, 0.05) is 22.2 Å². The zero-order valence-corrected chi connectivity index (χ0v) is 25.4. The third-order valence-electron chi connectivity index (χ3n) is 7.73. The van der Waals surface area contributed by atoms with Crippen LogP contribution in [-0.4, -0.2) is 5.78 Å². The Labute approximate surface area is 249 Å². The highest BCUT2D eigenvalue weighted by molar-refractivity contribution is 9.10. The van der Waals surface area contributed by atoms with Crippen molar-refractivity contribution >= 4 is 39.0 Å². The molecule has 3 aromatic rings. The molecule has 0 aromatic heterocycles. The lowest BCUT2D eigenvalue weighted by molar-refractivity contribution is -0.118. The third-order valence-corrected chi connectivity index (χ3v) is 8.71. The number of halogens is 2. The molecular formula is C33H31BrClN3O2. The van der Waals surface area contributed by atoms with Crippen molar-refractivity contribution in [1.29, 1.82) is 5.26 Å². The Hall–Kier alpha value is -3.53. The number of carbonyl (C=O) groups excluding carboxylic acids is 1. The molecule has 7 heteroatoms. The molecule has 5 nitrogen and oxygen atoms in total. The first kappa shape index (κ1) is 28.0. The van der Waals surface area contributed by atoms with Crippen LogP contribution in [0.5, 0.6) is 5.75 Å². The molecule has 0 amide bonds. The number of aryl methyl sites for hydroxylation is 2. The van der Waals surface area contributed by atoms with Gasteiger partial charge in [-0.2, -0.15) is 5.26 Å². The highest BCUT2D eigenvalue weighted by Gasteiger charge is 2.45. The van der Waals surface area contributed by atoms with Crippen LogP contribution in [0, 0.1) is 30.6 Å². The molecule has 0 bridgehead atoms. The largest absolute Gasteiger partial charge is 0.487 e. The molecule has 204 valence electrons. The molecule has 0 fully saturated rings. The van der Waals surface area contributed by atoms with Crippen LogP contribution >= 0.6 is 27.5 Å². The van der Waals surface area contributed by atoms with Gasteiger partial charge < -0.3 is 10.5 Å². The van der Waals surface area contributed by atoms with Crippen molar-refractivity contribution in [2.24, 2.45) is 11.1 Å². The molecule has 1 aliphatic carbocycles. The smallest absolute Gasteiger partial charge is 0.162 e. The normalized spacial score (nSPS) is 18.5. The van der Waals surface area contributed by atoms with E-state index in [0.717, 1.165) is 38.1 Å². The van der Waals surface area contributed by atoms with E-state index in [4.69, 9.17) is 22.1 Å². The van der Waals surface area contributed by atoms with Crippen LogP contribution < -0.4 is 15.4 Å². The molecule has 0 saturated carbocycles. The van der Waals surface area contributed by atoms with Crippen LogP contribution in [0.15, 0.2) is 87.8 Å². The number of para-hydroxylation sites is 2. The predicted molar refractivity (Wildman–Crippen MR) is 163 cm³/mol. The number of nitrogens with zero attached hydrogens (tertiary/aromatic N) is 2. The number of hydrogen-bond acceptors (Lipinski definition) is 5. The van der Waals surface area contributed by atoms with E-state index in [1.165, 1.54) is 0 Å². The number of ether oxygens (including phenoxy) is 1. The summed E-state index contributed by atoms with van der Waals surface area (Å²) < 4.78 is 6.91. The highest BCUT2D eigenvalue weighted by atomic mass is 79.9. The molecule has 5 rings (SSSR count). The average Bonchev–Trinajstić information content (AvgIpc) is 2.89. The van der Waals surface area contributed by atoms with Crippen LogP contribution in [0.3, 0.4) is 0 Å². The van der Waals surface area contributed by atoms with Gasteiger partial charge >= 0.3 is 0 Å². The van der Waals surface area contributed by atoms with Crippen molar-refractivity contribution in [2.45, 2.75) is 53.1 Å². The number of ketones is 1. The molecule has 0 saturated heterocycles. The number of hydrogen-bond donors (Lipinski definition) is 1. The average molecular weight is 617 g/mol. The van der Waals surface area contributed by atoms with Gasteiger partial charge in [-0.25, -0.2) is 0 Å². The Bertz CT molecular complexity index is 1630. The van der Waals surface area contributed by atoms with Crippen molar-refractivity contribution in [3.8, 4) is 11.8 Å². The summed E-state index contributed by atoms with van der Waals surface area (Å²) >= 11 is 9.98. The van der Waals surface area contributed by atoms with Crippen molar-refractivity contribution < 1.29 is 9.53 Å². The van der Waals surface area contributed by atoms with Crippen molar-refractivity contribution in [3.63, 3.8) is 0 Å². The van der Waals surface area contributed by atoms with Gasteiger partial charge in [-0.15, -0.1) is 0 Å². The molecule has 0 radical (unpaired) electrons. The first-order valence-corrected chi connectivity index (χ1v) is 14.4. The maximum atomic E-state index is 14.0. The van der Waals surface area contributed by atoms with E-state index in [2.05, 4.69) is 48.0 Å². The minimum absolute atomic E-state index is 0.0439. The molecule has 3 aromatic carbocycles. The topological polar surface area (TPSA) is 79.4 Å². The van der Waals surface area contributed by atoms with E-state index in [0.29, 0.717) is 47.2 Å². The van der Waals surface area contributed by atoms with E-state index in [1.54, 1.807) is 6.07 Å². The number of rotatable bonds is 5. The molecule has 0 spiro atoms. The van der Waals surface area contributed by atoms with E-state index < -0.39 is 5.92 Å². The molecule has 1 unspecified atom stereocenters. The lowest BCUT2D eigenvalue weighted by atomic mass is 9.68. The minimum Gasteiger partial charge on any atom is -0.487 e. The van der Waals surface area contributed by atoms with E-state index in [9.17, 15) is 10.1 Å². The summed E-state index contributed by atoms with van der Waals surface area (Å²) in [6.45, 7) is 8.55. The summed E-state index contributed by atoms with van der Waals surface area (Å²) in [4.78, 5) is 15.9. The fourth-order valence-electron chi connectivity index (χ4n) is 5.83. The number of benzene rings is 3. The summed E-state index contributed by atoms with van der Waals surface area (Å²) in [6, 6.07) is 21.6. The quantitative estimate of drug-likeness (QED) is 0.312. The van der Waals surface area contributed by atoms with E-state index in [-0.39, 0.29) is 11.2 Å². The van der Waals surface area contributed by atoms with Crippen LogP contribution in [0.2, 0.25) is 5.02 Å². The number of carbonyl (C=O) groups is 1. The summed E-state index contributed by atoms with van der Waals surface area (Å²) in [7, 11) is 0. The fraction of sp³-hybridized carbons (Fsp3) is 0.273. The Morgan fingerprint density at radius 1 is 1.10 bits per heavy atom. The second-order valence-electron chi connectivity index (χ2n) is 11.3. The maximum Gasteiger partial charge on any atom is 0.162 e. The molecule has 2 N–H and O–H groups in total. The number of allylic oxidation sites excluding steroid dienone is 3. The number of nitrogens with two attached hydrogens (primary N) is 1. The summed E-state index contributed by atoms with van der Waals surface area (Å²) in [6.07, 6.45) is 1.05. The summed E-state index contributed by atoms with van der Waals surface area (Å²) in [5.74, 6) is 0.422. The SMILES string of the molecule is Cc1cc(C)c(C2C(C#N)=C(N)N(c3ccccc3Br)C3=C2C(=O)CC(C)(C)C3)cc1COc1ccccc1Cl. The van der Waals surface area contributed by atoms with Gasteiger partial charge in [0.25, 0.3) is 0 Å².